The second-order valence-corrected chi connectivity index (χ2v) is 33.1. The van der Waals surface area contributed by atoms with Gasteiger partial charge in [0.25, 0.3) is 31.9 Å². The van der Waals surface area contributed by atoms with Crippen LogP contribution in [0, 0.1) is 23.7 Å². The average molecular weight is 1370 g/mol. The van der Waals surface area contributed by atoms with E-state index in [0.717, 1.165) is 74.0 Å². The maximum Gasteiger partial charge on any atom is 0.411 e. The molecule has 4 aliphatic carbocycles. The van der Waals surface area contributed by atoms with Crippen LogP contribution < -0.4 is 28.7 Å². The second-order valence-electron chi connectivity index (χ2n) is 28.9. The minimum atomic E-state index is -4.33. The van der Waals surface area contributed by atoms with Crippen molar-refractivity contribution in [1.82, 2.24) is 19.2 Å². The normalized spacial score (nSPS) is 29.7. The Bertz CT molecular complexity index is 3630. The number of aliphatic hydroxyl groups is 2. The van der Waals surface area contributed by atoms with Gasteiger partial charge in [-0.15, -0.1) is 0 Å². The molecule has 508 valence electrons. The summed E-state index contributed by atoms with van der Waals surface area (Å²) in [6.45, 7) is 16.3. The number of benzene rings is 4. The van der Waals surface area contributed by atoms with E-state index in [-0.39, 0.29) is 57.4 Å². The van der Waals surface area contributed by atoms with Gasteiger partial charge in [0.1, 0.15) is 34.8 Å². The summed E-state index contributed by atoms with van der Waals surface area (Å²) in [5.74, 6) is -0.402. The molecular formula is C70H88Cl2N6O14S2. The fourth-order valence-corrected chi connectivity index (χ4v) is 17.3. The Morgan fingerprint density at radius 2 is 0.979 bits per heavy atom. The van der Waals surface area contributed by atoms with E-state index in [4.69, 9.17) is 42.1 Å². The molecule has 12 rings (SSSR count). The third-order valence-corrected chi connectivity index (χ3v) is 23.2. The smallest absolute Gasteiger partial charge is 0.411 e. The Labute approximate surface area is 562 Å². The van der Waals surface area contributed by atoms with E-state index in [9.17, 15) is 46.2 Å². The molecule has 4 bridgehead atoms. The quantitative estimate of drug-likeness (QED) is 0.119. The molecular weight excluding hydrogens is 1280 g/mol. The minimum Gasteiger partial charge on any atom is -0.490 e. The summed E-state index contributed by atoms with van der Waals surface area (Å²) in [5, 5.41) is 24.0. The van der Waals surface area contributed by atoms with Crippen molar-refractivity contribution in [2.24, 2.45) is 23.7 Å². The molecule has 0 aromatic heterocycles. The lowest BCUT2D eigenvalue weighted by Gasteiger charge is -2.45. The van der Waals surface area contributed by atoms with Gasteiger partial charge in [0.15, 0.2) is 0 Å². The van der Waals surface area contributed by atoms with Crippen LogP contribution >= 0.6 is 23.2 Å². The van der Waals surface area contributed by atoms with Gasteiger partial charge in [-0.05, 0) is 226 Å². The van der Waals surface area contributed by atoms with Crippen LogP contribution in [0.1, 0.15) is 129 Å². The van der Waals surface area contributed by atoms with Crippen LogP contribution in [-0.4, -0.2) is 149 Å². The monoisotopic (exact) mass is 1370 g/mol. The molecule has 0 unspecified atom stereocenters. The van der Waals surface area contributed by atoms with Crippen molar-refractivity contribution in [2.75, 3.05) is 62.3 Å². The SMILES string of the molecule is C[C@H]1C(=O)NS(=O)(=O)c2ccc3c(c2)N(C[C@@H]2CC[C@H]2[C@@H](O)/C=C/CN1C(=O)OC(C)(C)C)C[C@@]1(CCCc2cc(Cl)ccc21)CO3.C[C@H]1C(=O)NS(=O)(=O)c2ccc3c(c2)N(C[C@@H]2CC[C@H]2[C@@H](O)/C=C\CN1C(=O)OC(C)(C)C)C[C@@]1(CCCc2cc(Cl)ccc21)CO3. The van der Waals surface area contributed by atoms with Crippen molar-refractivity contribution in [3.05, 3.63) is 129 Å². The lowest BCUT2D eigenvalue weighted by molar-refractivity contribution is -0.124. The molecule has 0 saturated heterocycles. The first kappa shape index (κ1) is 68.8. The van der Waals surface area contributed by atoms with Crippen molar-refractivity contribution >= 4 is 78.6 Å². The predicted molar refractivity (Wildman–Crippen MR) is 359 cm³/mol. The zero-order valence-corrected chi connectivity index (χ0v) is 57.9. The zero-order chi connectivity index (χ0) is 67.5. The Morgan fingerprint density at radius 3 is 1.34 bits per heavy atom. The highest BCUT2D eigenvalue weighted by Gasteiger charge is 2.47. The molecule has 24 heteroatoms. The Hall–Kier alpha value is -6.56. The molecule has 4 aromatic carbocycles. The maximum atomic E-state index is 13.7. The van der Waals surface area contributed by atoms with E-state index in [2.05, 4.69) is 31.4 Å². The zero-order valence-electron chi connectivity index (χ0n) is 54.7. The first-order valence-electron chi connectivity index (χ1n) is 32.7. The largest absolute Gasteiger partial charge is 0.490 e. The summed E-state index contributed by atoms with van der Waals surface area (Å²) in [7, 11) is -8.66. The van der Waals surface area contributed by atoms with Gasteiger partial charge in [0.05, 0.1) is 46.6 Å². The van der Waals surface area contributed by atoms with Crippen molar-refractivity contribution < 1.29 is 65.2 Å². The molecule has 4 amide bonds. The van der Waals surface area contributed by atoms with Gasteiger partial charge in [-0.1, -0.05) is 59.6 Å². The number of nitrogens with zero attached hydrogens (tertiary/aromatic N) is 4. The number of anilines is 2. The summed E-state index contributed by atoms with van der Waals surface area (Å²) >= 11 is 12.8. The van der Waals surface area contributed by atoms with Gasteiger partial charge in [0.2, 0.25) is 0 Å². The first-order chi connectivity index (χ1) is 44.3. The number of halogens is 2. The highest BCUT2D eigenvalue weighted by atomic mass is 35.5. The summed E-state index contributed by atoms with van der Waals surface area (Å²) in [6.07, 6.45) is 12.7. The molecule has 4 aliphatic heterocycles. The van der Waals surface area contributed by atoms with Gasteiger partial charge in [-0.3, -0.25) is 19.4 Å². The van der Waals surface area contributed by atoms with E-state index >= 15 is 0 Å². The number of ether oxygens (including phenoxy) is 4. The van der Waals surface area contributed by atoms with E-state index < -0.39 is 79.5 Å². The second kappa shape index (κ2) is 26.8. The molecule has 20 nitrogen and oxygen atoms in total. The lowest BCUT2D eigenvalue weighted by atomic mass is 9.68. The predicted octanol–water partition coefficient (Wildman–Crippen LogP) is 10.4. The number of sulfonamides is 2. The fourth-order valence-electron chi connectivity index (χ4n) is 14.8. The Kier molecular flexibility index (Phi) is 19.6. The standard InChI is InChI=1S/2C35H44ClN3O7S/c2*1-22-32(41)37-47(43,44)26-11-14-31-29(18-26)38(20-35(21-45-31)15-5-7-23-17-25(36)10-13-28(23)35)19-24-9-12-27(24)30(40)8-6-16-39(22)33(42)46-34(2,3)4/h2*6,8,10-11,13-14,17-18,22,24,27,30,40H,5,7,9,12,15-16,19-21H2,1-4H3,(H,37,41)/b8-6+;8-6-/t2*22-,24-,27+,30-,35-/m00/s1. The minimum absolute atomic E-state index is 0.0252. The van der Waals surface area contributed by atoms with Crippen LogP contribution in [0.15, 0.2) is 107 Å². The van der Waals surface area contributed by atoms with Crippen molar-refractivity contribution in [1.29, 1.82) is 0 Å². The van der Waals surface area contributed by atoms with Crippen LogP contribution in [0.2, 0.25) is 10.0 Å². The first-order valence-corrected chi connectivity index (χ1v) is 36.5. The molecule has 0 radical (unpaired) electrons. The topological polar surface area (TPSA) is 251 Å². The molecule has 4 heterocycles. The van der Waals surface area contributed by atoms with Gasteiger partial charge in [-0.25, -0.2) is 35.9 Å². The van der Waals surface area contributed by atoms with Gasteiger partial charge in [-0.2, -0.15) is 0 Å². The number of amides is 4. The van der Waals surface area contributed by atoms with Crippen LogP contribution in [0.25, 0.3) is 0 Å². The van der Waals surface area contributed by atoms with E-state index in [1.54, 1.807) is 90.1 Å². The van der Waals surface area contributed by atoms with Gasteiger partial charge in [0, 0.05) is 60.1 Å². The van der Waals surface area contributed by atoms with Crippen LogP contribution in [0.5, 0.6) is 11.5 Å². The van der Waals surface area contributed by atoms with Crippen LogP contribution in [-0.2, 0) is 62.8 Å². The molecule has 94 heavy (non-hydrogen) atoms. The molecule has 2 spiro atoms. The summed E-state index contributed by atoms with van der Waals surface area (Å²) in [4.78, 5) is 59.7. The highest BCUT2D eigenvalue weighted by Crippen LogP contribution is 2.50. The van der Waals surface area contributed by atoms with Crippen molar-refractivity contribution in [2.45, 2.75) is 176 Å². The number of hydrogen-bond donors (Lipinski definition) is 4. The van der Waals surface area contributed by atoms with E-state index in [1.807, 2.05) is 24.3 Å². The average Bonchev–Trinajstić information content (AvgIpc) is 1.48. The molecule has 2 saturated carbocycles. The molecule has 8 aliphatic rings. The summed E-state index contributed by atoms with van der Waals surface area (Å²) in [6, 6.07) is 19.1. The number of carbonyl (C=O) groups excluding carboxylic acids is 4. The highest BCUT2D eigenvalue weighted by molar-refractivity contribution is 7.90. The van der Waals surface area contributed by atoms with Crippen LogP contribution in [0.3, 0.4) is 0 Å². The summed E-state index contributed by atoms with van der Waals surface area (Å²) in [5.41, 5.74) is 3.71. The number of carbonyl (C=O) groups is 4. The number of fused-ring (bicyclic) bond motifs is 8. The van der Waals surface area contributed by atoms with Crippen molar-refractivity contribution in [3.8, 4) is 11.5 Å². The van der Waals surface area contributed by atoms with Gasteiger partial charge < -0.3 is 39.0 Å². The Morgan fingerprint density at radius 1 is 0.585 bits per heavy atom. The molecule has 2 fully saturated rings. The Balaban J connectivity index is 0.000000192. The molecule has 4 aromatic rings. The van der Waals surface area contributed by atoms with E-state index in [1.165, 1.54) is 48.2 Å². The number of rotatable bonds is 0. The van der Waals surface area contributed by atoms with Crippen LogP contribution in [0.4, 0.5) is 21.0 Å². The third kappa shape index (κ3) is 14.7. The lowest BCUT2D eigenvalue weighted by Crippen LogP contribution is -2.51. The van der Waals surface area contributed by atoms with E-state index in [0.29, 0.717) is 72.3 Å². The van der Waals surface area contributed by atoms with Gasteiger partial charge >= 0.3 is 12.2 Å². The van der Waals surface area contributed by atoms with Crippen molar-refractivity contribution in [3.63, 3.8) is 0 Å². The maximum absolute atomic E-state index is 13.7. The number of nitrogens with one attached hydrogen (secondary N) is 2. The number of hydrogen-bond acceptors (Lipinski definition) is 16. The molecule has 4 N–H and O–H groups in total. The summed E-state index contributed by atoms with van der Waals surface area (Å²) < 4.78 is 83.3. The molecule has 10 atom stereocenters. The fraction of sp³-hybridized carbons (Fsp3) is 0.543. The number of aliphatic hydroxyl groups excluding tert-OH is 2. The third-order valence-electron chi connectivity index (χ3n) is 20.1. The number of aryl methyl sites for hydroxylation is 2.